The predicted octanol–water partition coefficient (Wildman–Crippen LogP) is 4.55. The molecule has 0 radical (unpaired) electrons. The van der Waals surface area contributed by atoms with E-state index < -0.39 is 0 Å². The van der Waals surface area contributed by atoms with E-state index >= 15 is 0 Å². The smallest absolute Gasteiger partial charge is 0.175 e. The standard InChI is InChI=1S/C16H16O3/c1-10-8-15(13-6-4-11(2)17-13)19-16(9-10)14-7-5-12(3)18-14/h4-9,15H,1-3H3. The molecule has 0 fully saturated rings. The zero-order valence-corrected chi connectivity index (χ0v) is 11.3. The van der Waals surface area contributed by atoms with Gasteiger partial charge in [-0.1, -0.05) is 0 Å². The van der Waals surface area contributed by atoms with E-state index in [-0.39, 0.29) is 6.10 Å². The van der Waals surface area contributed by atoms with Gasteiger partial charge in [-0.3, -0.25) is 0 Å². The molecule has 2 aromatic rings. The van der Waals surface area contributed by atoms with Crippen molar-refractivity contribution >= 4 is 5.76 Å². The quantitative estimate of drug-likeness (QED) is 0.790. The first-order valence-electron chi connectivity index (χ1n) is 6.32. The van der Waals surface area contributed by atoms with Crippen LogP contribution in [0.1, 0.15) is 36.1 Å². The van der Waals surface area contributed by atoms with Gasteiger partial charge in [0.1, 0.15) is 17.3 Å². The number of allylic oxidation sites excluding steroid dienone is 2. The van der Waals surface area contributed by atoms with E-state index in [9.17, 15) is 0 Å². The molecule has 1 aliphatic heterocycles. The van der Waals surface area contributed by atoms with Gasteiger partial charge < -0.3 is 13.6 Å². The van der Waals surface area contributed by atoms with Crippen molar-refractivity contribution in [3.05, 3.63) is 65.0 Å². The Labute approximate surface area is 112 Å². The van der Waals surface area contributed by atoms with Gasteiger partial charge in [0.15, 0.2) is 17.6 Å². The fourth-order valence-corrected chi connectivity index (χ4v) is 2.14. The van der Waals surface area contributed by atoms with E-state index in [2.05, 4.69) is 0 Å². The van der Waals surface area contributed by atoms with Gasteiger partial charge in [0.2, 0.25) is 0 Å². The summed E-state index contributed by atoms with van der Waals surface area (Å²) in [5.74, 6) is 4.06. The van der Waals surface area contributed by atoms with Gasteiger partial charge in [0.25, 0.3) is 0 Å². The molecule has 1 aliphatic rings. The van der Waals surface area contributed by atoms with Crippen LogP contribution in [0.3, 0.4) is 0 Å². The van der Waals surface area contributed by atoms with Crippen molar-refractivity contribution in [1.29, 1.82) is 0 Å². The van der Waals surface area contributed by atoms with Crippen LogP contribution in [-0.4, -0.2) is 0 Å². The summed E-state index contributed by atoms with van der Waals surface area (Å²) in [6, 6.07) is 7.74. The summed E-state index contributed by atoms with van der Waals surface area (Å²) in [5, 5.41) is 0. The number of hydrogen-bond acceptors (Lipinski definition) is 3. The predicted molar refractivity (Wildman–Crippen MR) is 72.5 cm³/mol. The highest BCUT2D eigenvalue weighted by Crippen LogP contribution is 2.34. The van der Waals surface area contributed by atoms with Crippen molar-refractivity contribution in [3.8, 4) is 0 Å². The molecule has 0 N–H and O–H groups in total. The first kappa shape index (κ1) is 11.9. The van der Waals surface area contributed by atoms with Crippen LogP contribution in [-0.2, 0) is 4.74 Å². The summed E-state index contributed by atoms with van der Waals surface area (Å²) in [6.45, 7) is 5.89. The molecule has 2 aromatic heterocycles. The number of furan rings is 2. The van der Waals surface area contributed by atoms with E-state index in [4.69, 9.17) is 13.6 Å². The molecule has 0 saturated heterocycles. The third-order valence-corrected chi connectivity index (χ3v) is 3.05. The maximum Gasteiger partial charge on any atom is 0.175 e. The number of rotatable bonds is 2. The molecule has 0 amide bonds. The Hall–Kier alpha value is -2.16. The Morgan fingerprint density at radius 3 is 2.26 bits per heavy atom. The summed E-state index contributed by atoms with van der Waals surface area (Å²) in [7, 11) is 0. The van der Waals surface area contributed by atoms with Gasteiger partial charge in [-0.15, -0.1) is 0 Å². The SMILES string of the molecule is CC1=CC(c2ccc(C)o2)OC(c2ccc(C)o2)=C1. The van der Waals surface area contributed by atoms with Crippen LogP contribution in [0.15, 0.2) is 50.8 Å². The van der Waals surface area contributed by atoms with Gasteiger partial charge in [-0.25, -0.2) is 0 Å². The molecule has 19 heavy (non-hydrogen) atoms. The van der Waals surface area contributed by atoms with Crippen LogP contribution in [0, 0.1) is 13.8 Å². The molecular weight excluding hydrogens is 240 g/mol. The second kappa shape index (κ2) is 4.50. The van der Waals surface area contributed by atoms with Crippen LogP contribution in [0.25, 0.3) is 5.76 Å². The lowest BCUT2D eigenvalue weighted by Crippen LogP contribution is -2.05. The van der Waals surface area contributed by atoms with Crippen molar-refractivity contribution < 1.29 is 13.6 Å². The summed E-state index contributed by atoms with van der Waals surface area (Å²) in [4.78, 5) is 0. The second-order valence-electron chi connectivity index (χ2n) is 4.82. The molecule has 3 heteroatoms. The summed E-state index contributed by atoms with van der Waals surface area (Å²) < 4.78 is 17.2. The molecule has 0 bridgehead atoms. The second-order valence-corrected chi connectivity index (χ2v) is 4.82. The third-order valence-electron chi connectivity index (χ3n) is 3.05. The minimum Gasteiger partial charge on any atom is -0.474 e. The third kappa shape index (κ3) is 2.36. The van der Waals surface area contributed by atoms with Crippen LogP contribution in [0.4, 0.5) is 0 Å². The van der Waals surface area contributed by atoms with E-state index in [1.165, 1.54) is 0 Å². The Morgan fingerprint density at radius 2 is 1.63 bits per heavy atom. The maximum atomic E-state index is 5.95. The van der Waals surface area contributed by atoms with Crippen LogP contribution < -0.4 is 0 Å². The van der Waals surface area contributed by atoms with Crippen molar-refractivity contribution in [2.45, 2.75) is 26.9 Å². The van der Waals surface area contributed by atoms with E-state index in [0.717, 1.165) is 34.4 Å². The number of hydrogen-bond donors (Lipinski definition) is 0. The molecule has 0 spiro atoms. The Kier molecular flexibility index (Phi) is 2.82. The van der Waals surface area contributed by atoms with Gasteiger partial charge in [-0.2, -0.15) is 0 Å². The lowest BCUT2D eigenvalue weighted by molar-refractivity contribution is 0.176. The molecule has 3 nitrogen and oxygen atoms in total. The molecule has 3 rings (SSSR count). The Bertz CT molecular complexity index is 655. The first-order valence-corrected chi connectivity index (χ1v) is 6.32. The van der Waals surface area contributed by atoms with Crippen LogP contribution in [0.5, 0.6) is 0 Å². The molecule has 3 heterocycles. The molecule has 1 unspecified atom stereocenters. The van der Waals surface area contributed by atoms with Crippen molar-refractivity contribution in [1.82, 2.24) is 0 Å². The highest BCUT2D eigenvalue weighted by Gasteiger charge is 2.22. The monoisotopic (exact) mass is 256 g/mol. The fourth-order valence-electron chi connectivity index (χ4n) is 2.14. The maximum absolute atomic E-state index is 5.95. The highest BCUT2D eigenvalue weighted by molar-refractivity contribution is 5.60. The number of ether oxygens (including phenoxy) is 1. The lowest BCUT2D eigenvalue weighted by Gasteiger charge is -2.20. The van der Waals surface area contributed by atoms with Gasteiger partial charge >= 0.3 is 0 Å². The average Bonchev–Trinajstić information content (AvgIpc) is 2.97. The lowest BCUT2D eigenvalue weighted by atomic mass is 10.1. The molecule has 98 valence electrons. The molecule has 0 saturated carbocycles. The van der Waals surface area contributed by atoms with Crippen molar-refractivity contribution in [2.24, 2.45) is 0 Å². The summed E-state index contributed by atoms with van der Waals surface area (Å²) in [6.07, 6.45) is 3.82. The van der Waals surface area contributed by atoms with Gasteiger partial charge in [0, 0.05) is 0 Å². The fraction of sp³-hybridized carbons (Fsp3) is 0.250. The molecular formula is C16H16O3. The zero-order valence-electron chi connectivity index (χ0n) is 11.3. The molecule has 1 atom stereocenters. The van der Waals surface area contributed by atoms with Gasteiger partial charge in [0.05, 0.1) is 0 Å². The largest absolute Gasteiger partial charge is 0.474 e. The van der Waals surface area contributed by atoms with E-state index in [1.54, 1.807) is 0 Å². The van der Waals surface area contributed by atoms with E-state index in [0.29, 0.717) is 0 Å². The zero-order chi connectivity index (χ0) is 13.4. The van der Waals surface area contributed by atoms with Crippen LogP contribution >= 0.6 is 0 Å². The minimum absolute atomic E-state index is 0.195. The Balaban J connectivity index is 1.91. The van der Waals surface area contributed by atoms with E-state index in [1.807, 2.05) is 57.2 Å². The highest BCUT2D eigenvalue weighted by atomic mass is 16.5. The molecule has 0 aromatic carbocycles. The normalized spacial score (nSPS) is 18.8. The van der Waals surface area contributed by atoms with Gasteiger partial charge in [-0.05, 0) is 62.8 Å². The minimum atomic E-state index is -0.195. The first-order chi connectivity index (χ1) is 9.11. The van der Waals surface area contributed by atoms with Crippen molar-refractivity contribution in [3.63, 3.8) is 0 Å². The van der Waals surface area contributed by atoms with Crippen LogP contribution in [0.2, 0.25) is 0 Å². The summed E-state index contributed by atoms with van der Waals surface area (Å²) >= 11 is 0. The Morgan fingerprint density at radius 1 is 0.895 bits per heavy atom. The van der Waals surface area contributed by atoms with Crippen molar-refractivity contribution in [2.75, 3.05) is 0 Å². The molecule has 0 aliphatic carbocycles. The average molecular weight is 256 g/mol. The number of aryl methyl sites for hydroxylation is 2. The topological polar surface area (TPSA) is 35.5 Å². The summed E-state index contributed by atoms with van der Waals surface area (Å²) in [5.41, 5.74) is 1.13.